The first-order chi connectivity index (χ1) is 16.0. The summed E-state index contributed by atoms with van der Waals surface area (Å²) in [5.41, 5.74) is 5.23. The molecule has 0 saturated carbocycles. The van der Waals surface area contributed by atoms with Gasteiger partial charge in [-0.05, 0) is 48.0 Å². The van der Waals surface area contributed by atoms with Crippen LogP contribution in [0.1, 0.15) is 21.9 Å². The highest BCUT2D eigenvalue weighted by molar-refractivity contribution is 5.96. The van der Waals surface area contributed by atoms with Crippen molar-refractivity contribution in [3.05, 3.63) is 77.8 Å². The molecule has 0 unspecified atom stereocenters. The van der Waals surface area contributed by atoms with E-state index in [2.05, 4.69) is 10.9 Å². The molecular weight excluding hydrogens is 428 g/mol. The Bertz CT molecular complexity index is 1100. The van der Waals surface area contributed by atoms with Gasteiger partial charge < -0.3 is 23.4 Å². The number of hydrazine groups is 1. The van der Waals surface area contributed by atoms with E-state index < -0.39 is 11.8 Å². The Hall–Kier alpha value is -4.40. The van der Waals surface area contributed by atoms with Crippen LogP contribution in [0.5, 0.6) is 23.0 Å². The van der Waals surface area contributed by atoms with Crippen LogP contribution >= 0.6 is 0 Å². The third-order valence-electron chi connectivity index (χ3n) is 4.42. The quantitative estimate of drug-likeness (QED) is 0.379. The normalized spacial score (nSPS) is 10.5. The van der Waals surface area contributed by atoms with Crippen LogP contribution in [0.2, 0.25) is 0 Å². The predicted molar refractivity (Wildman–Crippen MR) is 120 cm³/mol. The van der Waals surface area contributed by atoms with Gasteiger partial charge in [0.05, 0.1) is 21.3 Å². The van der Waals surface area contributed by atoms with E-state index in [-0.39, 0.29) is 12.4 Å². The molecule has 33 heavy (non-hydrogen) atoms. The SMILES string of the molecule is COc1cc(/C=C/C(=O)NNC(=O)c2ccc(COc3ccccc3)o2)cc(OC)c1OC. The fourth-order valence-electron chi connectivity index (χ4n) is 2.84. The number of furan rings is 1. The largest absolute Gasteiger partial charge is 0.493 e. The summed E-state index contributed by atoms with van der Waals surface area (Å²) in [5.74, 6) is 1.40. The molecule has 2 N–H and O–H groups in total. The number of amides is 2. The van der Waals surface area contributed by atoms with Gasteiger partial charge in [0, 0.05) is 6.08 Å². The first-order valence-corrected chi connectivity index (χ1v) is 9.89. The Morgan fingerprint density at radius 3 is 2.24 bits per heavy atom. The van der Waals surface area contributed by atoms with E-state index in [1.165, 1.54) is 39.5 Å². The van der Waals surface area contributed by atoms with E-state index in [1.807, 2.05) is 30.3 Å². The van der Waals surface area contributed by atoms with Crippen molar-refractivity contribution in [1.82, 2.24) is 10.9 Å². The third kappa shape index (κ3) is 6.30. The number of hydrogen-bond donors (Lipinski definition) is 2. The molecule has 1 aromatic heterocycles. The van der Waals surface area contributed by atoms with E-state index in [1.54, 1.807) is 18.2 Å². The number of rotatable bonds is 9. The number of ether oxygens (including phenoxy) is 4. The van der Waals surface area contributed by atoms with Crippen molar-refractivity contribution in [3.8, 4) is 23.0 Å². The number of para-hydroxylation sites is 1. The van der Waals surface area contributed by atoms with Gasteiger partial charge in [-0.1, -0.05) is 18.2 Å². The Morgan fingerprint density at radius 2 is 1.61 bits per heavy atom. The molecule has 172 valence electrons. The number of carbonyl (C=O) groups is 2. The summed E-state index contributed by atoms with van der Waals surface area (Å²) in [7, 11) is 4.51. The predicted octanol–water partition coefficient (Wildman–Crippen LogP) is 3.36. The second-order valence-electron chi connectivity index (χ2n) is 6.60. The van der Waals surface area contributed by atoms with Crippen molar-refractivity contribution in [3.63, 3.8) is 0 Å². The first kappa shape index (κ1) is 23.3. The third-order valence-corrected chi connectivity index (χ3v) is 4.42. The number of carbonyl (C=O) groups excluding carboxylic acids is 2. The highest BCUT2D eigenvalue weighted by Gasteiger charge is 2.13. The van der Waals surface area contributed by atoms with Crippen molar-refractivity contribution < 1.29 is 33.0 Å². The Kier molecular flexibility index (Phi) is 7.96. The van der Waals surface area contributed by atoms with Gasteiger partial charge in [-0.15, -0.1) is 0 Å². The lowest BCUT2D eigenvalue weighted by atomic mass is 10.1. The highest BCUT2D eigenvalue weighted by atomic mass is 16.5. The van der Waals surface area contributed by atoms with Gasteiger partial charge in [0.25, 0.3) is 5.91 Å². The second kappa shape index (κ2) is 11.3. The Morgan fingerprint density at radius 1 is 0.909 bits per heavy atom. The van der Waals surface area contributed by atoms with Crippen molar-refractivity contribution >= 4 is 17.9 Å². The van der Waals surface area contributed by atoms with Gasteiger partial charge in [-0.3, -0.25) is 20.4 Å². The molecule has 1 heterocycles. The molecule has 0 aliphatic heterocycles. The zero-order chi connectivity index (χ0) is 23.6. The summed E-state index contributed by atoms with van der Waals surface area (Å²) in [4.78, 5) is 24.3. The van der Waals surface area contributed by atoms with E-state index in [0.29, 0.717) is 34.3 Å². The number of nitrogens with one attached hydrogen (secondary N) is 2. The Labute approximate surface area is 190 Å². The molecule has 0 spiro atoms. The fourth-order valence-corrected chi connectivity index (χ4v) is 2.84. The summed E-state index contributed by atoms with van der Waals surface area (Å²) in [6, 6.07) is 15.7. The van der Waals surface area contributed by atoms with Crippen molar-refractivity contribution in [1.29, 1.82) is 0 Å². The lowest BCUT2D eigenvalue weighted by Gasteiger charge is -2.12. The molecule has 2 aromatic carbocycles. The molecule has 9 nitrogen and oxygen atoms in total. The molecule has 0 aliphatic carbocycles. The van der Waals surface area contributed by atoms with Gasteiger partial charge in [-0.2, -0.15) is 0 Å². The van der Waals surface area contributed by atoms with Crippen LogP contribution in [0.15, 0.2) is 65.1 Å². The van der Waals surface area contributed by atoms with Gasteiger partial charge >= 0.3 is 5.91 Å². The summed E-state index contributed by atoms with van der Waals surface area (Å²) in [6.07, 6.45) is 2.79. The highest BCUT2D eigenvalue weighted by Crippen LogP contribution is 2.38. The molecule has 3 aromatic rings. The molecule has 9 heteroatoms. The summed E-state index contributed by atoms with van der Waals surface area (Å²) >= 11 is 0. The van der Waals surface area contributed by atoms with Gasteiger partial charge in [0.2, 0.25) is 5.75 Å². The smallest absolute Gasteiger partial charge is 0.305 e. The summed E-state index contributed by atoms with van der Waals surface area (Å²) in [5, 5.41) is 0. The van der Waals surface area contributed by atoms with Crippen LogP contribution in [0.4, 0.5) is 0 Å². The standard InChI is InChI=1S/C24H24N2O7/c1-29-20-13-16(14-21(30-2)23(20)31-3)9-12-22(27)25-26-24(28)19-11-10-18(33-19)15-32-17-7-5-4-6-8-17/h4-14H,15H2,1-3H3,(H,25,27)(H,26,28)/b12-9+. The maximum atomic E-state index is 12.2. The summed E-state index contributed by atoms with van der Waals surface area (Å²) < 4.78 is 26.9. The second-order valence-corrected chi connectivity index (χ2v) is 6.60. The zero-order valence-electron chi connectivity index (χ0n) is 18.4. The van der Waals surface area contributed by atoms with Crippen molar-refractivity contribution in [2.24, 2.45) is 0 Å². The van der Waals surface area contributed by atoms with Crippen LogP contribution in [0.25, 0.3) is 6.08 Å². The summed E-state index contributed by atoms with van der Waals surface area (Å²) in [6.45, 7) is 0.168. The lowest BCUT2D eigenvalue weighted by Crippen LogP contribution is -2.40. The maximum Gasteiger partial charge on any atom is 0.305 e. The minimum Gasteiger partial charge on any atom is -0.493 e. The van der Waals surface area contributed by atoms with E-state index in [9.17, 15) is 9.59 Å². The number of hydrogen-bond acceptors (Lipinski definition) is 7. The van der Waals surface area contributed by atoms with Crippen LogP contribution in [-0.4, -0.2) is 33.1 Å². The van der Waals surface area contributed by atoms with Crippen molar-refractivity contribution in [2.45, 2.75) is 6.61 Å². The van der Waals surface area contributed by atoms with Gasteiger partial charge in [0.1, 0.15) is 18.1 Å². The average molecular weight is 452 g/mol. The zero-order valence-corrected chi connectivity index (χ0v) is 18.4. The first-order valence-electron chi connectivity index (χ1n) is 9.89. The molecule has 0 bridgehead atoms. The number of methoxy groups -OCH3 is 3. The Balaban J connectivity index is 1.53. The molecule has 2 amide bonds. The van der Waals surface area contributed by atoms with E-state index in [0.717, 1.165) is 0 Å². The lowest BCUT2D eigenvalue weighted by molar-refractivity contribution is -0.117. The van der Waals surface area contributed by atoms with Crippen molar-refractivity contribution in [2.75, 3.05) is 21.3 Å². The topological polar surface area (TPSA) is 108 Å². The van der Waals surface area contributed by atoms with Crippen LogP contribution in [-0.2, 0) is 11.4 Å². The fraction of sp³-hybridized carbons (Fsp3) is 0.167. The number of benzene rings is 2. The molecule has 0 saturated heterocycles. The molecule has 0 atom stereocenters. The van der Waals surface area contributed by atoms with Crippen LogP contribution in [0.3, 0.4) is 0 Å². The minimum atomic E-state index is -0.601. The van der Waals surface area contributed by atoms with Crippen LogP contribution in [0, 0.1) is 0 Å². The van der Waals surface area contributed by atoms with Gasteiger partial charge in [0.15, 0.2) is 17.3 Å². The molecule has 0 radical (unpaired) electrons. The van der Waals surface area contributed by atoms with Crippen LogP contribution < -0.4 is 29.8 Å². The minimum absolute atomic E-state index is 0.0376. The maximum absolute atomic E-state index is 12.2. The molecule has 0 fully saturated rings. The molecular formula is C24H24N2O7. The average Bonchev–Trinajstić information content (AvgIpc) is 3.33. The van der Waals surface area contributed by atoms with E-state index in [4.69, 9.17) is 23.4 Å². The molecule has 0 aliphatic rings. The van der Waals surface area contributed by atoms with E-state index >= 15 is 0 Å². The van der Waals surface area contributed by atoms with Gasteiger partial charge in [-0.25, -0.2) is 0 Å². The monoisotopic (exact) mass is 452 g/mol. The molecule has 3 rings (SSSR count).